The van der Waals surface area contributed by atoms with Crippen LogP contribution in [0.2, 0.25) is 0 Å². The third kappa shape index (κ3) is 1.59. The third-order valence-corrected chi connectivity index (χ3v) is 3.37. The van der Waals surface area contributed by atoms with Gasteiger partial charge in [-0.15, -0.1) is 0 Å². The van der Waals surface area contributed by atoms with Crippen molar-refractivity contribution in [3.05, 3.63) is 0 Å². The van der Waals surface area contributed by atoms with Crippen LogP contribution in [0.5, 0.6) is 0 Å². The standard InChI is InChI=1S/C12H24O2/c1-7-13-9-11(3,4)10(14-8-2)12(9,5)6/h9-10H,7-8H2,1-6H3. The van der Waals surface area contributed by atoms with Gasteiger partial charge < -0.3 is 9.47 Å². The molecule has 0 amide bonds. The molecule has 0 aromatic rings. The summed E-state index contributed by atoms with van der Waals surface area (Å²) in [4.78, 5) is 0. The van der Waals surface area contributed by atoms with Crippen LogP contribution in [0.1, 0.15) is 41.5 Å². The quantitative estimate of drug-likeness (QED) is 0.694. The summed E-state index contributed by atoms with van der Waals surface area (Å²) in [6.45, 7) is 14.6. The molecule has 84 valence electrons. The molecule has 14 heavy (non-hydrogen) atoms. The summed E-state index contributed by atoms with van der Waals surface area (Å²) in [6.07, 6.45) is 0.632. The van der Waals surface area contributed by atoms with Gasteiger partial charge in [-0.3, -0.25) is 0 Å². The van der Waals surface area contributed by atoms with Crippen molar-refractivity contribution in [3.8, 4) is 0 Å². The molecule has 1 aliphatic carbocycles. The second-order valence-corrected chi connectivity index (χ2v) is 5.31. The second-order valence-electron chi connectivity index (χ2n) is 5.31. The SMILES string of the molecule is CCOC1C(C)(C)C(OCC)C1(C)C. The summed E-state index contributed by atoms with van der Waals surface area (Å²) < 4.78 is 11.6. The van der Waals surface area contributed by atoms with Gasteiger partial charge in [0, 0.05) is 24.0 Å². The Balaban J connectivity index is 2.73. The minimum Gasteiger partial charge on any atom is -0.377 e. The van der Waals surface area contributed by atoms with Crippen molar-refractivity contribution in [3.63, 3.8) is 0 Å². The zero-order valence-corrected chi connectivity index (χ0v) is 10.4. The number of ether oxygens (including phenoxy) is 2. The molecular formula is C12H24O2. The van der Waals surface area contributed by atoms with Crippen LogP contribution in [0.4, 0.5) is 0 Å². The highest BCUT2D eigenvalue weighted by atomic mass is 16.5. The largest absolute Gasteiger partial charge is 0.377 e. The van der Waals surface area contributed by atoms with E-state index in [1.54, 1.807) is 0 Å². The van der Waals surface area contributed by atoms with Gasteiger partial charge in [-0.05, 0) is 13.8 Å². The van der Waals surface area contributed by atoms with Crippen molar-refractivity contribution in [2.75, 3.05) is 13.2 Å². The van der Waals surface area contributed by atoms with Gasteiger partial charge in [0.1, 0.15) is 0 Å². The van der Waals surface area contributed by atoms with E-state index in [1.807, 2.05) is 0 Å². The van der Waals surface area contributed by atoms with E-state index < -0.39 is 0 Å². The molecule has 0 unspecified atom stereocenters. The summed E-state index contributed by atoms with van der Waals surface area (Å²) in [7, 11) is 0. The van der Waals surface area contributed by atoms with E-state index in [1.165, 1.54) is 0 Å². The Kier molecular flexibility index (Phi) is 3.27. The van der Waals surface area contributed by atoms with Crippen LogP contribution in [-0.2, 0) is 9.47 Å². The molecule has 0 radical (unpaired) electrons. The molecule has 1 rings (SSSR count). The van der Waals surface area contributed by atoms with E-state index in [4.69, 9.17) is 9.47 Å². The maximum Gasteiger partial charge on any atom is 0.0726 e. The molecular weight excluding hydrogens is 176 g/mol. The molecule has 2 heteroatoms. The first kappa shape index (κ1) is 12.0. The van der Waals surface area contributed by atoms with E-state index in [0.29, 0.717) is 12.2 Å². The molecule has 0 atom stereocenters. The Bertz CT molecular complexity index is 162. The Morgan fingerprint density at radius 1 is 0.786 bits per heavy atom. The minimum atomic E-state index is 0.148. The van der Waals surface area contributed by atoms with Gasteiger partial charge >= 0.3 is 0 Å². The average Bonchev–Trinajstić information content (AvgIpc) is 2.09. The molecule has 0 spiro atoms. The molecule has 0 heterocycles. The lowest BCUT2D eigenvalue weighted by atomic mass is 9.51. The highest BCUT2D eigenvalue weighted by Crippen LogP contribution is 2.57. The molecule has 0 aromatic carbocycles. The first-order valence-corrected chi connectivity index (χ1v) is 5.62. The summed E-state index contributed by atoms with van der Waals surface area (Å²) in [5, 5.41) is 0. The Hall–Kier alpha value is -0.0800. The lowest BCUT2D eigenvalue weighted by Gasteiger charge is -2.62. The van der Waals surface area contributed by atoms with Crippen LogP contribution in [0.15, 0.2) is 0 Å². The van der Waals surface area contributed by atoms with Crippen LogP contribution in [-0.4, -0.2) is 25.4 Å². The smallest absolute Gasteiger partial charge is 0.0726 e. The van der Waals surface area contributed by atoms with Gasteiger partial charge in [-0.1, -0.05) is 27.7 Å². The van der Waals surface area contributed by atoms with Gasteiger partial charge in [0.25, 0.3) is 0 Å². The van der Waals surface area contributed by atoms with Gasteiger partial charge in [0.2, 0.25) is 0 Å². The number of hydrogen-bond acceptors (Lipinski definition) is 2. The fraction of sp³-hybridized carbons (Fsp3) is 1.00. The zero-order valence-electron chi connectivity index (χ0n) is 10.4. The van der Waals surface area contributed by atoms with E-state index >= 15 is 0 Å². The maximum absolute atomic E-state index is 5.80. The van der Waals surface area contributed by atoms with E-state index in [9.17, 15) is 0 Å². The Morgan fingerprint density at radius 3 is 1.29 bits per heavy atom. The van der Waals surface area contributed by atoms with Crippen LogP contribution in [0.3, 0.4) is 0 Å². The fourth-order valence-corrected chi connectivity index (χ4v) is 3.29. The monoisotopic (exact) mass is 200 g/mol. The minimum absolute atomic E-state index is 0.148. The van der Waals surface area contributed by atoms with Crippen molar-refractivity contribution in [1.29, 1.82) is 0 Å². The van der Waals surface area contributed by atoms with Gasteiger partial charge in [0.05, 0.1) is 12.2 Å². The molecule has 0 N–H and O–H groups in total. The zero-order chi connectivity index (χ0) is 11.0. The maximum atomic E-state index is 5.80. The van der Waals surface area contributed by atoms with Crippen molar-refractivity contribution < 1.29 is 9.47 Å². The van der Waals surface area contributed by atoms with Gasteiger partial charge in [-0.25, -0.2) is 0 Å². The molecule has 0 bridgehead atoms. The highest BCUT2D eigenvalue weighted by molar-refractivity contribution is 5.12. The second kappa shape index (κ2) is 3.82. The summed E-state index contributed by atoms with van der Waals surface area (Å²) in [5.74, 6) is 0. The summed E-state index contributed by atoms with van der Waals surface area (Å²) in [5.41, 5.74) is 0.297. The number of hydrogen-bond donors (Lipinski definition) is 0. The predicted octanol–water partition coefficient (Wildman–Crippen LogP) is 2.86. The normalized spacial score (nSPS) is 33.9. The van der Waals surface area contributed by atoms with Gasteiger partial charge in [0.15, 0.2) is 0 Å². The highest BCUT2D eigenvalue weighted by Gasteiger charge is 2.63. The lowest BCUT2D eigenvalue weighted by Crippen LogP contribution is -2.69. The molecule has 0 aliphatic heterocycles. The lowest BCUT2D eigenvalue weighted by molar-refractivity contribution is -0.280. The Labute approximate surface area is 88.0 Å². The van der Waals surface area contributed by atoms with Crippen LogP contribution < -0.4 is 0 Å². The fourth-order valence-electron chi connectivity index (χ4n) is 3.29. The Morgan fingerprint density at radius 2 is 1.07 bits per heavy atom. The molecule has 0 aromatic heterocycles. The molecule has 1 fully saturated rings. The van der Waals surface area contributed by atoms with E-state index in [0.717, 1.165) is 13.2 Å². The van der Waals surface area contributed by atoms with Crippen molar-refractivity contribution >= 4 is 0 Å². The van der Waals surface area contributed by atoms with Crippen molar-refractivity contribution in [1.82, 2.24) is 0 Å². The van der Waals surface area contributed by atoms with Crippen LogP contribution in [0, 0.1) is 10.8 Å². The van der Waals surface area contributed by atoms with Crippen molar-refractivity contribution in [2.45, 2.75) is 53.8 Å². The van der Waals surface area contributed by atoms with Gasteiger partial charge in [-0.2, -0.15) is 0 Å². The molecule has 1 saturated carbocycles. The predicted molar refractivity (Wildman–Crippen MR) is 58.4 cm³/mol. The average molecular weight is 200 g/mol. The first-order valence-electron chi connectivity index (χ1n) is 5.62. The molecule has 2 nitrogen and oxygen atoms in total. The topological polar surface area (TPSA) is 18.5 Å². The summed E-state index contributed by atoms with van der Waals surface area (Å²) >= 11 is 0. The van der Waals surface area contributed by atoms with E-state index in [2.05, 4.69) is 41.5 Å². The first-order chi connectivity index (χ1) is 6.39. The van der Waals surface area contributed by atoms with E-state index in [-0.39, 0.29) is 10.8 Å². The third-order valence-electron chi connectivity index (χ3n) is 3.37. The molecule has 1 aliphatic rings. The van der Waals surface area contributed by atoms with Crippen LogP contribution in [0.25, 0.3) is 0 Å². The van der Waals surface area contributed by atoms with Crippen molar-refractivity contribution in [2.24, 2.45) is 10.8 Å². The van der Waals surface area contributed by atoms with Crippen LogP contribution >= 0.6 is 0 Å². The summed E-state index contributed by atoms with van der Waals surface area (Å²) in [6, 6.07) is 0. The molecule has 0 saturated heterocycles. The number of rotatable bonds is 4.